The number of aromatic carboxylic acids is 1. The second kappa shape index (κ2) is 5.62. The predicted octanol–water partition coefficient (Wildman–Crippen LogP) is 1.49. The Balaban J connectivity index is 1.92. The van der Waals surface area contributed by atoms with Gasteiger partial charge in [-0.25, -0.2) is 9.18 Å². The molecule has 21 heavy (non-hydrogen) atoms. The number of carboxylic acids is 1. The summed E-state index contributed by atoms with van der Waals surface area (Å²) in [5.74, 6) is -2.41. The number of thioether (sulfide) groups is 1. The van der Waals surface area contributed by atoms with Crippen molar-refractivity contribution in [2.45, 2.75) is 15.8 Å². The van der Waals surface area contributed by atoms with Gasteiger partial charge in [-0.3, -0.25) is 0 Å². The summed E-state index contributed by atoms with van der Waals surface area (Å²) in [6.45, 7) is 0. The zero-order chi connectivity index (χ0) is 15.0. The summed E-state index contributed by atoms with van der Waals surface area (Å²) >= 11 is 2.53. The van der Waals surface area contributed by atoms with Crippen molar-refractivity contribution >= 4 is 36.4 Å². The Morgan fingerprint density at radius 2 is 2.38 bits per heavy atom. The monoisotopic (exact) mass is 326 g/mol. The minimum Gasteiger partial charge on any atom is -0.535 e. The first-order valence-electron chi connectivity index (χ1n) is 5.89. The number of aromatic nitrogens is 2. The Morgan fingerprint density at radius 3 is 3.05 bits per heavy atom. The zero-order valence-corrected chi connectivity index (χ0v) is 12.0. The summed E-state index contributed by atoms with van der Waals surface area (Å²) in [4.78, 5) is 11.1. The van der Waals surface area contributed by atoms with Crippen molar-refractivity contribution in [3.8, 4) is 5.75 Å². The van der Waals surface area contributed by atoms with Crippen molar-refractivity contribution < 1.29 is 24.0 Å². The lowest BCUT2D eigenvalue weighted by Crippen LogP contribution is -2.40. The third-order valence-electron chi connectivity index (χ3n) is 2.99. The van der Waals surface area contributed by atoms with Crippen molar-refractivity contribution in [2.24, 2.45) is 0 Å². The molecule has 0 spiro atoms. The van der Waals surface area contributed by atoms with Crippen LogP contribution in [0.4, 0.5) is 4.39 Å². The molecule has 0 saturated heterocycles. The third-order valence-corrected chi connectivity index (χ3v) is 5.00. The quantitative estimate of drug-likeness (QED) is 0.826. The molecule has 1 atom stereocenters. The number of hydrogen-bond acceptors (Lipinski definition) is 7. The number of fused-ring (bicyclic) bond motifs is 1. The summed E-state index contributed by atoms with van der Waals surface area (Å²) in [5.41, 5.74) is 0.00327. The number of benzene rings is 1. The zero-order valence-electron chi connectivity index (χ0n) is 10.4. The van der Waals surface area contributed by atoms with Gasteiger partial charge in [0.15, 0.2) is 0 Å². The molecule has 0 saturated carbocycles. The van der Waals surface area contributed by atoms with Crippen molar-refractivity contribution in [3.05, 3.63) is 35.3 Å². The molecular weight excluding hydrogens is 318 g/mol. The van der Waals surface area contributed by atoms with Crippen molar-refractivity contribution in [1.29, 1.82) is 0 Å². The minimum atomic E-state index is -1.42. The number of carboxylic acid groups (broad SMARTS) is 1. The van der Waals surface area contributed by atoms with E-state index in [1.54, 1.807) is 6.20 Å². The van der Waals surface area contributed by atoms with Gasteiger partial charge in [-0.2, -0.15) is 0 Å². The molecule has 0 fully saturated rings. The largest absolute Gasteiger partial charge is 0.537 e. The van der Waals surface area contributed by atoms with Crippen LogP contribution in [-0.2, 0) is 6.42 Å². The fraction of sp³-hybridized carbons (Fsp3) is 0.182. The normalized spacial score (nSPS) is 17.2. The summed E-state index contributed by atoms with van der Waals surface area (Å²) in [5, 5.41) is 22.4. The molecule has 2 heterocycles. The second-order valence-electron chi connectivity index (χ2n) is 4.32. The summed E-state index contributed by atoms with van der Waals surface area (Å²) in [6.07, 6.45) is 1.94. The molecule has 1 aromatic heterocycles. The van der Waals surface area contributed by atoms with Gasteiger partial charge in [0.05, 0.1) is 11.3 Å². The van der Waals surface area contributed by atoms with Crippen LogP contribution in [0, 0.1) is 5.82 Å². The molecule has 0 unspecified atom stereocenters. The Labute approximate surface area is 127 Å². The molecule has 6 nitrogen and oxygen atoms in total. The van der Waals surface area contributed by atoms with E-state index in [-0.39, 0.29) is 10.9 Å². The van der Waals surface area contributed by atoms with Crippen LogP contribution in [-0.4, -0.2) is 38.0 Å². The number of nitrogens with zero attached hydrogens (tertiary/aromatic N) is 2. The van der Waals surface area contributed by atoms with E-state index in [1.165, 1.54) is 29.4 Å². The average Bonchev–Trinajstić information content (AvgIpc) is 2.92. The highest BCUT2D eigenvalue weighted by atomic mass is 32.2. The highest BCUT2D eigenvalue weighted by molar-refractivity contribution is 8.02. The number of carbonyl (C=O) groups is 1. The SMILES string of the molecule is O=C(O)c1c(F)ccc2c1OB(O)[C@@H](Sc1cnns1)C2. The Bertz CT molecular complexity index is 685. The van der Waals surface area contributed by atoms with Crippen LogP contribution in [0.2, 0.25) is 0 Å². The molecule has 10 heteroatoms. The van der Waals surface area contributed by atoms with Crippen LogP contribution in [0.5, 0.6) is 5.75 Å². The molecule has 0 radical (unpaired) electrons. The Hall–Kier alpha value is -1.65. The molecule has 1 aliphatic heterocycles. The lowest BCUT2D eigenvalue weighted by Gasteiger charge is -2.27. The average molecular weight is 326 g/mol. The maximum atomic E-state index is 13.6. The van der Waals surface area contributed by atoms with Gasteiger partial charge in [0.2, 0.25) is 0 Å². The number of rotatable bonds is 3. The van der Waals surface area contributed by atoms with Crippen LogP contribution in [0.1, 0.15) is 15.9 Å². The first kappa shape index (κ1) is 14.3. The van der Waals surface area contributed by atoms with Gasteiger partial charge in [0.1, 0.15) is 21.3 Å². The van der Waals surface area contributed by atoms with Gasteiger partial charge in [0, 0.05) is 0 Å². The maximum absolute atomic E-state index is 13.6. The molecule has 108 valence electrons. The van der Waals surface area contributed by atoms with E-state index in [2.05, 4.69) is 9.59 Å². The summed E-state index contributed by atoms with van der Waals surface area (Å²) in [7, 11) is -1.23. The van der Waals surface area contributed by atoms with E-state index < -0.39 is 24.5 Å². The fourth-order valence-electron chi connectivity index (χ4n) is 2.07. The molecule has 1 aliphatic rings. The van der Waals surface area contributed by atoms with E-state index in [9.17, 15) is 14.2 Å². The summed E-state index contributed by atoms with van der Waals surface area (Å²) in [6, 6.07) is 2.57. The van der Waals surface area contributed by atoms with Crippen molar-refractivity contribution in [2.75, 3.05) is 0 Å². The predicted molar refractivity (Wildman–Crippen MR) is 75.2 cm³/mol. The highest BCUT2D eigenvalue weighted by Gasteiger charge is 2.38. The number of halogens is 1. The van der Waals surface area contributed by atoms with Gasteiger partial charge in [-0.1, -0.05) is 10.6 Å². The van der Waals surface area contributed by atoms with E-state index in [0.717, 1.165) is 10.3 Å². The highest BCUT2D eigenvalue weighted by Crippen LogP contribution is 2.37. The van der Waals surface area contributed by atoms with Crippen LogP contribution in [0.15, 0.2) is 22.5 Å². The molecule has 1 aromatic carbocycles. The van der Waals surface area contributed by atoms with E-state index >= 15 is 0 Å². The fourth-order valence-corrected chi connectivity index (χ4v) is 3.82. The lowest BCUT2D eigenvalue weighted by atomic mass is 9.77. The van der Waals surface area contributed by atoms with Crippen LogP contribution in [0.25, 0.3) is 0 Å². The molecule has 2 N–H and O–H groups in total. The molecule has 0 aliphatic carbocycles. The molecule has 3 rings (SSSR count). The Morgan fingerprint density at radius 1 is 1.57 bits per heavy atom. The Kier molecular flexibility index (Phi) is 3.83. The van der Waals surface area contributed by atoms with E-state index in [0.29, 0.717) is 12.0 Å². The second-order valence-corrected chi connectivity index (χ2v) is 6.65. The van der Waals surface area contributed by atoms with Crippen LogP contribution >= 0.6 is 23.3 Å². The first-order chi connectivity index (χ1) is 10.1. The molecule has 0 amide bonds. The lowest BCUT2D eigenvalue weighted by molar-refractivity contribution is 0.0689. The van der Waals surface area contributed by atoms with E-state index in [1.807, 2.05) is 0 Å². The smallest absolute Gasteiger partial charge is 0.535 e. The van der Waals surface area contributed by atoms with Crippen molar-refractivity contribution in [3.63, 3.8) is 0 Å². The van der Waals surface area contributed by atoms with Gasteiger partial charge >= 0.3 is 13.1 Å². The maximum Gasteiger partial charge on any atom is 0.537 e. The topological polar surface area (TPSA) is 92.5 Å². The number of hydrogen-bond donors (Lipinski definition) is 2. The van der Waals surface area contributed by atoms with Crippen LogP contribution in [0.3, 0.4) is 0 Å². The van der Waals surface area contributed by atoms with Gasteiger partial charge < -0.3 is 14.8 Å². The van der Waals surface area contributed by atoms with E-state index in [4.69, 9.17) is 9.76 Å². The third kappa shape index (κ3) is 2.74. The van der Waals surface area contributed by atoms with Crippen molar-refractivity contribution in [1.82, 2.24) is 9.59 Å². The van der Waals surface area contributed by atoms with Gasteiger partial charge in [0.25, 0.3) is 0 Å². The van der Waals surface area contributed by atoms with Gasteiger partial charge in [-0.15, -0.1) is 16.9 Å². The molecule has 0 bridgehead atoms. The van der Waals surface area contributed by atoms with Crippen LogP contribution < -0.4 is 4.65 Å². The minimum absolute atomic E-state index is 0.103. The summed E-state index contributed by atoms with van der Waals surface area (Å²) < 4.78 is 23.4. The standard InChI is InChI=1S/C11H8BFN2O4S2/c13-6-2-1-5-3-7(20-8-4-14-15-21-8)12(18)19-10(5)9(6)11(16)17/h1-2,4,7,18H,3H2,(H,16,17)/t7-/m0/s1. The molecule has 2 aromatic rings. The van der Waals surface area contributed by atoms with Gasteiger partial charge in [-0.05, 0) is 29.6 Å². The molecular formula is C11H8BFN2O4S2. The first-order valence-corrected chi connectivity index (χ1v) is 7.55.